The van der Waals surface area contributed by atoms with E-state index in [-0.39, 0.29) is 16.5 Å². The van der Waals surface area contributed by atoms with Crippen molar-refractivity contribution >= 4 is 57.9 Å². The molecule has 176 valence electrons. The molecule has 0 bridgehead atoms. The second kappa shape index (κ2) is 10.4. The number of imide groups is 1. The van der Waals surface area contributed by atoms with Crippen molar-refractivity contribution < 1.29 is 24.0 Å². The number of amides is 3. The van der Waals surface area contributed by atoms with E-state index >= 15 is 0 Å². The molecule has 1 aliphatic rings. The predicted molar refractivity (Wildman–Crippen MR) is 130 cm³/mol. The summed E-state index contributed by atoms with van der Waals surface area (Å²) in [6.45, 7) is -0.442. The number of hydrogen-bond donors (Lipinski definition) is 1. The van der Waals surface area contributed by atoms with E-state index in [0.29, 0.717) is 22.0 Å². The standard InChI is InChI=1S/C23H15ClN4O6S/c24-17-3-1-2-4-18(17)26-20(29)13-27-22(30)19(35-23(27)31)11-14-5-8-16(9-6-14)34-21-10-7-15(12-25-21)28(32)33/h1-12H,13H2,(H,26,29)/b19-11+. The molecule has 0 aliphatic carbocycles. The maximum atomic E-state index is 12.7. The molecule has 10 nitrogen and oxygen atoms in total. The average molecular weight is 511 g/mol. The molecule has 12 heteroatoms. The van der Waals surface area contributed by atoms with Gasteiger partial charge in [-0.05, 0) is 47.7 Å². The van der Waals surface area contributed by atoms with Crippen molar-refractivity contribution in [1.82, 2.24) is 9.88 Å². The Balaban J connectivity index is 1.39. The molecular formula is C23H15ClN4O6S. The number of nitrogens with zero attached hydrogens (tertiary/aromatic N) is 3. The third-order valence-electron chi connectivity index (χ3n) is 4.66. The summed E-state index contributed by atoms with van der Waals surface area (Å²) >= 11 is 6.75. The van der Waals surface area contributed by atoms with Crippen molar-refractivity contribution in [1.29, 1.82) is 0 Å². The molecule has 1 aromatic heterocycles. The minimum absolute atomic E-state index is 0.150. The maximum Gasteiger partial charge on any atom is 0.294 e. The van der Waals surface area contributed by atoms with E-state index in [2.05, 4.69) is 10.3 Å². The highest BCUT2D eigenvalue weighted by atomic mass is 35.5. The van der Waals surface area contributed by atoms with Crippen LogP contribution in [0, 0.1) is 10.1 Å². The Labute approximate surface area is 207 Å². The highest BCUT2D eigenvalue weighted by Crippen LogP contribution is 2.33. The smallest absolute Gasteiger partial charge is 0.294 e. The number of thioether (sulfide) groups is 1. The number of nitro groups is 1. The zero-order valence-electron chi connectivity index (χ0n) is 17.7. The summed E-state index contributed by atoms with van der Waals surface area (Å²) in [5, 5.41) is 13.1. The molecule has 2 heterocycles. The van der Waals surface area contributed by atoms with E-state index in [1.165, 1.54) is 18.2 Å². The number of nitrogens with one attached hydrogen (secondary N) is 1. The van der Waals surface area contributed by atoms with E-state index in [9.17, 15) is 24.5 Å². The second-order valence-corrected chi connectivity index (χ2v) is 8.48. The zero-order chi connectivity index (χ0) is 24.9. The number of carbonyl (C=O) groups is 3. The molecule has 0 radical (unpaired) electrons. The van der Waals surface area contributed by atoms with Gasteiger partial charge in [0.1, 0.15) is 18.5 Å². The van der Waals surface area contributed by atoms with E-state index in [1.807, 2.05) is 0 Å². The summed E-state index contributed by atoms with van der Waals surface area (Å²) in [4.78, 5) is 52.4. The Bertz CT molecular complexity index is 1340. The van der Waals surface area contributed by atoms with Gasteiger partial charge in [-0.1, -0.05) is 35.9 Å². The van der Waals surface area contributed by atoms with E-state index in [1.54, 1.807) is 48.5 Å². The highest BCUT2D eigenvalue weighted by molar-refractivity contribution is 8.18. The molecule has 1 fully saturated rings. The molecule has 1 saturated heterocycles. The molecule has 2 aromatic carbocycles. The largest absolute Gasteiger partial charge is 0.439 e. The first-order valence-electron chi connectivity index (χ1n) is 9.98. The minimum atomic E-state index is -0.579. The molecule has 3 amide bonds. The summed E-state index contributed by atoms with van der Waals surface area (Å²) in [5.74, 6) is -0.528. The molecule has 3 aromatic rings. The molecule has 0 atom stereocenters. The van der Waals surface area contributed by atoms with Crippen LogP contribution in [0.1, 0.15) is 5.56 Å². The summed E-state index contributed by atoms with van der Waals surface area (Å²) in [6.07, 6.45) is 2.62. The fraction of sp³-hybridized carbons (Fsp3) is 0.0435. The lowest BCUT2D eigenvalue weighted by Crippen LogP contribution is -2.36. The lowest BCUT2D eigenvalue weighted by Gasteiger charge is -2.13. The fourth-order valence-electron chi connectivity index (χ4n) is 2.98. The predicted octanol–water partition coefficient (Wildman–Crippen LogP) is 5.11. The first-order chi connectivity index (χ1) is 16.8. The molecule has 0 saturated carbocycles. The number of hydrogen-bond acceptors (Lipinski definition) is 8. The van der Waals surface area contributed by atoms with Crippen LogP contribution in [0.5, 0.6) is 11.6 Å². The van der Waals surface area contributed by atoms with Crippen molar-refractivity contribution in [3.8, 4) is 11.6 Å². The number of pyridine rings is 1. The lowest BCUT2D eigenvalue weighted by atomic mass is 10.2. The Morgan fingerprint density at radius 1 is 1.14 bits per heavy atom. The van der Waals surface area contributed by atoms with Gasteiger partial charge in [-0.15, -0.1) is 0 Å². The quantitative estimate of drug-likeness (QED) is 0.263. The SMILES string of the molecule is O=C(CN1C(=O)S/C(=C/c2ccc(Oc3ccc([N+](=O)[O-])cn3)cc2)C1=O)Nc1ccccc1Cl. The normalized spacial score (nSPS) is 14.3. The van der Waals surface area contributed by atoms with Gasteiger partial charge in [-0.2, -0.15) is 0 Å². The van der Waals surface area contributed by atoms with Crippen molar-refractivity contribution in [3.63, 3.8) is 0 Å². The highest BCUT2D eigenvalue weighted by Gasteiger charge is 2.36. The van der Waals surface area contributed by atoms with Gasteiger partial charge in [0.25, 0.3) is 16.8 Å². The van der Waals surface area contributed by atoms with Gasteiger partial charge in [0, 0.05) is 12.1 Å². The number of para-hydroxylation sites is 1. The minimum Gasteiger partial charge on any atom is -0.439 e. The van der Waals surface area contributed by atoms with Crippen LogP contribution in [0.3, 0.4) is 0 Å². The van der Waals surface area contributed by atoms with E-state index in [0.717, 1.165) is 22.9 Å². The van der Waals surface area contributed by atoms with Gasteiger partial charge in [0.05, 0.1) is 20.5 Å². The van der Waals surface area contributed by atoms with Crippen molar-refractivity contribution in [2.45, 2.75) is 0 Å². The van der Waals surface area contributed by atoms with Crippen molar-refractivity contribution in [3.05, 3.63) is 92.5 Å². The Morgan fingerprint density at radius 3 is 2.54 bits per heavy atom. The summed E-state index contributed by atoms with van der Waals surface area (Å²) in [6, 6.07) is 15.9. The molecule has 1 aliphatic heterocycles. The van der Waals surface area contributed by atoms with Crippen LogP contribution < -0.4 is 10.1 Å². The third kappa shape index (κ3) is 5.83. The van der Waals surface area contributed by atoms with Gasteiger partial charge >= 0.3 is 0 Å². The number of carbonyl (C=O) groups excluding carboxylic acids is 3. The third-order valence-corrected chi connectivity index (χ3v) is 5.89. The maximum absolute atomic E-state index is 12.7. The number of benzene rings is 2. The van der Waals surface area contributed by atoms with Crippen LogP contribution in [0.15, 0.2) is 71.8 Å². The average Bonchev–Trinajstić information content (AvgIpc) is 3.09. The van der Waals surface area contributed by atoms with Gasteiger partial charge in [0.15, 0.2) is 0 Å². The monoisotopic (exact) mass is 510 g/mol. The van der Waals surface area contributed by atoms with Crippen LogP contribution in [0.2, 0.25) is 5.02 Å². The van der Waals surface area contributed by atoms with Gasteiger partial charge in [-0.3, -0.25) is 29.4 Å². The number of ether oxygens (including phenoxy) is 1. The van der Waals surface area contributed by atoms with Crippen molar-refractivity contribution in [2.75, 3.05) is 11.9 Å². The number of anilines is 1. The molecule has 35 heavy (non-hydrogen) atoms. The van der Waals surface area contributed by atoms with Gasteiger partial charge in [-0.25, -0.2) is 4.98 Å². The summed E-state index contributed by atoms with van der Waals surface area (Å²) in [7, 11) is 0. The number of halogens is 1. The molecule has 1 N–H and O–H groups in total. The van der Waals surface area contributed by atoms with Crippen molar-refractivity contribution in [2.24, 2.45) is 0 Å². The first-order valence-corrected chi connectivity index (χ1v) is 11.2. The van der Waals surface area contributed by atoms with Crippen LogP contribution in [0.4, 0.5) is 16.2 Å². The molecule has 4 rings (SSSR count). The summed E-state index contributed by atoms with van der Waals surface area (Å²) < 4.78 is 5.55. The topological polar surface area (TPSA) is 132 Å². The van der Waals surface area contributed by atoms with Gasteiger partial charge in [0.2, 0.25) is 11.8 Å². The van der Waals surface area contributed by atoms with E-state index < -0.39 is 28.5 Å². The van der Waals surface area contributed by atoms with Crippen LogP contribution in [-0.4, -0.2) is 38.4 Å². The fourth-order valence-corrected chi connectivity index (χ4v) is 4.00. The second-order valence-electron chi connectivity index (χ2n) is 7.08. The molecular weight excluding hydrogens is 496 g/mol. The first kappa shape index (κ1) is 23.9. The van der Waals surface area contributed by atoms with Crippen LogP contribution >= 0.6 is 23.4 Å². The van der Waals surface area contributed by atoms with E-state index in [4.69, 9.17) is 16.3 Å². The Hall–Kier alpha value is -4.22. The number of aromatic nitrogens is 1. The van der Waals surface area contributed by atoms with Crippen LogP contribution in [0.25, 0.3) is 6.08 Å². The Kier molecular flexibility index (Phi) is 7.09. The molecule has 0 unspecified atom stereocenters. The summed E-state index contributed by atoms with van der Waals surface area (Å²) in [5.41, 5.74) is 0.857. The number of rotatable bonds is 7. The van der Waals surface area contributed by atoms with Gasteiger partial charge < -0.3 is 10.1 Å². The van der Waals surface area contributed by atoms with Crippen LogP contribution in [-0.2, 0) is 9.59 Å². The Morgan fingerprint density at radius 2 is 1.89 bits per heavy atom. The molecule has 0 spiro atoms. The zero-order valence-corrected chi connectivity index (χ0v) is 19.3. The lowest BCUT2D eigenvalue weighted by molar-refractivity contribution is -0.385.